The molecular formula is C23H31NO. The molecule has 25 heavy (non-hydrogen) atoms. The molecule has 0 aliphatic carbocycles. The maximum Gasteiger partial charge on any atom is 0.108 e. The van der Waals surface area contributed by atoms with Crippen molar-refractivity contribution in [2.24, 2.45) is 5.92 Å². The molecule has 0 unspecified atom stereocenters. The van der Waals surface area contributed by atoms with E-state index in [0.717, 1.165) is 18.9 Å². The summed E-state index contributed by atoms with van der Waals surface area (Å²) in [7, 11) is 0. The molecule has 1 fully saturated rings. The van der Waals surface area contributed by atoms with Gasteiger partial charge in [-0.05, 0) is 62.4 Å². The van der Waals surface area contributed by atoms with Crippen LogP contribution in [0.25, 0.3) is 0 Å². The molecule has 3 rings (SSSR count). The van der Waals surface area contributed by atoms with Crippen molar-refractivity contribution in [3.8, 4) is 0 Å². The first kappa shape index (κ1) is 18.2. The van der Waals surface area contributed by atoms with Gasteiger partial charge in [0, 0.05) is 6.61 Å². The van der Waals surface area contributed by atoms with Gasteiger partial charge < -0.3 is 9.64 Å². The largest absolute Gasteiger partial charge is 0.369 e. The summed E-state index contributed by atoms with van der Waals surface area (Å²) in [5.41, 5.74) is 2.48. The molecular weight excluding hydrogens is 306 g/mol. The van der Waals surface area contributed by atoms with E-state index in [9.17, 15) is 0 Å². The highest BCUT2D eigenvalue weighted by Gasteiger charge is 2.18. The van der Waals surface area contributed by atoms with E-state index in [4.69, 9.17) is 4.74 Å². The molecule has 0 N–H and O–H groups in total. The summed E-state index contributed by atoms with van der Waals surface area (Å²) in [5.74, 6) is 0.887. The van der Waals surface area contributed by atoms with Crippen molar-refractivity contribution in [3.63, 3.8) is 0 Å². The number of likely N-dealkylation sites (tertiary alicyclic amines) is 1. The predicted molar refractivity (Wildman–Crippen MR) is 105 cm³/mol. The van der Waals surface area contributed by atoms with Gasteiger partial charge in [0.1, 0.15) is 6.10 Å². The average molecular weight is 338 g/mol. The summed E-state index contributed by atoms with van der Waals surface area (Å²) in [6.07, 6.45) is 5.22. The Morgan fingerprint density at radius 2 is 1.48 bits per heavy atom. The minimum atomic E-state index is 0.0457. The Morgan fingerprint density at radius 3 is 2.00 bits per heavy atom. The fourth-order valence-corrected chi connectivity index (χ4v) is 3.81. The molecule has 0 spiro atoms. The van der Waals surface area contributed by atoms with Gasteiger partial charge >= 0.3 is 0 Å². The summed E-state index contributed by atoms with van der Waals surface area (Å²) >= 11 is 0. The van der Waals surface area contributed by atoms with Crippen molar-refractivity contribution >= 4 is 0 Å². The Balaban J connectivity index is 1.50. The van der Waals surface area contributed by atoms with Crippen LogP contribution in [0.3, 0.4) is 0 Å². The molecule has 0 bridgehead atoms. The van der Waals surface area contributed by atoms with Crippen molar-refractivity contribution < 1.29 is 4.74 Å². The quantitative estimate of drug-likeness (QED) is 0.606. The molecule has 2 aromatic carbocycles. The fraction of sp³-hybridized carbons (Fsp3) is 0.478. The van der Waals surface area contributed by atoms with Crippen LogP contribution in [0.1, 0.15) is 49.8 Å². The van der Waals surface area contributed by atoms with Gasteiger partial charge in [0.2, 0.25) is 0 Å². The third-order valence-electron chi connectivity index (χ3n) is 5.40. The van der Waals surface area contributed by atoms with Crippen LogP contribution in [0.2, 0.25) is 0 Å². The molecule has 2 aromatic rings. The van der Waals surface area contributed by atoms with Gasteiger partial charge in [-0.2, -0.15) is 0 Å². The van der Waals surface area contributed by atoms with Gasteiger partial charge in [-0.15, -0.1) is 0 Å². The zero-order valence-corrected chi connectivity index (χ0v) is 15.4. The Labute approximate surface area is 152 Å². The lowest BCUT2D eigenvalue weighted by molar-refractivity contribution is 0.0717. The van der Waals surface area contributed by atoms with Gasteiger partial charge in [0.25, 0.3) is 0 Å². The Kier molecular flexibility index (Phi) is 7.08. The first-order chi connectivity index (χ1) is 12.4. The van der Waals surface area contributed by atoms with Crippen molar-refractivity contribution in [1.82, 2.24) is 4.90 Å². The fourth-order valence-electron chi connectivity index (χ4n) is 3.81. The lowest BCUT2D eigenvalue weighted by atomic mass is 9.92. The van der Waals surface area contributed by atoms with E-state index in [1.165, 1.54) is 50.0 Å². The molecule has 0 aromatic heterocycles. The second kappa shape index (κ2) is 9.74. The van der Waals surface area contributed by atoms with E-state index in [-0.39, 0.29) is 6.10 Å². The average Bonchev–Trinajstić information content (AvgIpc) is 2.70. The number of rotatable bonds is 8. The topological polar surface area (TPSA) is 12.5 Å². The van der Waals surface area contributed by atoms with Gasteiger partial charge in [-0.3, -0.25) is 0 Å². The Hall–Kier alpha value is -1.64. The highest BCUT2D eigenvalue weighted by Crippen LogP contribution is 2.27. The Morgan fingerprint density at radius 1 is 0.920 bits per heavy atom. The highest BCUT2D eigenvalue weighted by molar-refractivity contribution is 5.29. The van der Waals surface area contributed by atoms with E-state index in [1.54, 1.807) is 0 Å². The van der Waals surface area contributed by atoms with Crippen molar-refractivity contribution in [1.29, 1.82) is 0 Å². The standard InChI is InChI=1S/C23H31NO/c1-2-24-17-15-20(16-18-24)10-9-19-25-23(21-11-5-3-6-12-21)22-13-7-4-8-14-22/h3-8,11-14,20,23H,2,9-10,15-19H2,1H3. The zero-order valence-electron chi connectivity index (χ0n) is 15.4. The maximum absolute atomic E-state index is 6.34. The van der Waals surface area contributed by atoms with Crippen LogP contribution in [-0.2, 0) is 4.74 Å². The molecule has 1 aliphatic heterocycles. The third-order valence-corrected chi connectivity index (χ3v) is 5.40. The van der Waals surface area contributed by atoms with Crippen molar-refractivity contribution in [3.05, 3.63) is 71.8 Å². The number of hydrogen-bond donors (Lipinski definition) is 0. The van der Waals surface area contributed by atoms with Crippen molar-refractivity contribution in [2.75, 3.05) is 26.2 Å². The van der Waals surface area contributed by atoms with Crippen molar-refractivity contribution in [2.45, 2.75) is 38.7 Å². The summed E-state index contributed by atoms with van der Waals surface area (Å²) in [5, 5.41) is 0. The minimum absolute atomic E-state index is 0.0457. The summed E-state index contributed by atoms with van der Waals surface area (Å²) in [6.45, 7) is 6.85. The lowest BCUT2D eigenvalue weighted by Crippen LogP contribution is -2.33. The third kappa shape index (κ3) is 5.42. The first-order valence-electron chi connectivity index (χ1n) is 9.80. The summed E-state index contributed by atoms with van der Waals surface area (Å²) < 4.78 is 6.34. The predicted octanol–water partition coefficient (Wildman–Crippen LogP) is 5.30. The number of benzene rings is 2. The monoisotopic (exact) mass is 337 g/mol. The molecule has 134 valence electrons. The summed E-state index contributed by atoms with van der Waals surface area (Å²) in [6, 6.07) is 21.2. The van der Waals surface area contributed by atoms with Crippen LogP contribution >= 0.6 is 0 Å². The Bertz CT molecular complexity index is 551. The normalized spacial score (nSPS) is 16.4. The van der Waals surface area contributed by atoms with Gasteiger partial charge in [0.05, 0.1) is 0 Å². The highest BCUT2D eigenvalue weighted by atomic mass is 16.5. The number of ether oxygens (including phenoxy) is 1. The van der Waals surface area contributed by atoms with E-state index in [1.807, 2.05) is 0 Å². The van der Waals surface area contributed by atoms with E-state index >= 15 is 0 Å². The maximum atomic E-state index is 6.34. The zero-order chi connectivity index (χ0) is 17.3. The SMILES string of the molecule is CCN1CCC(CCCOC(c2ccccc2)c2ccccc2)CC1. The molecule has 0 radical (unpaired) electrons. The van der Waals surface area contributed by atoms with Crippen LogP contribution in [0.4, 0.5) is 0 Å². The molecule has 0 saturated carbocycles. The number of hydrogen-bond acceptors (Lipinski definition) is 2. The second-order valence-corrected chi connectivity index (χ2v) is 7.09. The minimum Gasteiger partial charge on any atom is -0.369 e. The molecule has 1 heterocycles. The van der Waals surface area contributed by atoms with Gasteiger partial charge in [-0.25, -0.2) is 0 Å². The molecule has 0 atom stereocenters. The van der Waals surface area contributed by atoms with E-state index < -0.39 is 0 Å². The molecule has 2 nitrogen and oxygen atoms in total. The van der Waals surface area contributed by atoms with Crippen LogP contribution in [0, 0.1) is 5.92 Å². The lowest BCUT2D eigenvalue weighted by Gasteiger charge is -2.31. The first-order valence-corrected chi connectivity index (χ1v) is 9.80. The smallest absolute Gasteiger partial charge is 0.108 e. The van der Waals surface area contributed by atoms with E-state index in [2.05, 4.69) is 72.5 Å². The van der Waals surface area contributed by atoms with E-state index in [0.29, 0.717) is 0 Å². The molecule has 1 saturated heterocycles. The van der Waals surface area contributed by atoms with Crippen LogP contribution in [-0.4, -0.2) is 31.1 Å². The van der Waals surface area contributed by atoms with Crippen LogP contribution in [0.5, 0.6) is 0 Å². The van der Waals surface area contributed by atoms with Gasteiger partial charge in [-0.1, -0.05) is 67.6 Å². The van der Waals surface area contributed by atoms with Crippen LogP contribution < -0.4 is 0 Å². The number of nitrogens with zero attached hydrogens (tertiary/aromatic N) is 1. The number of piperidine rings is 1. The summed E-state index contributed by atoms with van der Waals surface area (Å²) in [4.78, 5) is 2.56. The van der Waals surface area contributed by atoms with Gasteiger partial charge in [0.15, 0.2) is 0 Å². The molecule has 2 heteroatoms. The molecule has 1 aliphatic rings. The molecule has 0 amide bonds. The van der Waals surface area contributed by atoms with Crippen LogP contribution in [0.15, 0.2) is 60.7 Å². The second-order valence-electron chi connectivity index (χ2n) is 7.09.